The third-order valence-corrected chi connectivity index (χ3v) is 3.25. The van der Waals surface area contributed by atoms with E-state index in [1.807, 2.05) is 49.4 Å². The Bertz CT molecular complexity index is 620. The molecule has 0 heterocycles. The van der Waals surface area contributed by atoms with Crippen LogP contribution < -0.4 is 5.32 Å². The second-order valence-electron chi connectivity index (χ2n) is 5.05. The van der Waals surface area contributed by atoms with Crippen LogP contribution in [0.1, 0.15) is 34.3 Å². The molecule has 3 heteroatoms. The van der Waals surface area contributed by atoms with Crippen molar-refractivity contribution in [3.63, 3.8) is 0 Å². The summed E-state index contributed by atoms with van der Waals surface area (Å²) in [5.74, 6) is -0.0953. The Labute approximate surface area is 125 Å². The summed E-state index contributed by atoms with van der Waals surface area (Å²) in [5, 5.41) is 2.84. The maximum absolute atomic E-state index is 11.9. The van der Waals surface area contributed by atoms with Crippen LogP contribution in [0.25, 0.3) is 0 Å². The molecule has 2 aromatic rings. The molecule has 0 unspecified atom stereocenters. The molecule has 0 spiro atoms. The van der Waals surface area contributed by atoms with Gasteiger partial charge in [-0.1, -0.05) is 60.2 Å². The fourth-order valence-electron chi connectivity index (χ4n) is 2.11. The number of carbonyl (C=O) groups excluding carboxylic acids is 2. The van der Waals surface area contributed by atoms with Gasteiger partial charge in [0.1, 0.15) is 0 Å². The highest BCUT2D eigenvalue weighted by Crippen LogP contribution is 2.06. The highest BCUT2D eigenvalue weighted by atomic mass is 16.2. The van der Waals surface area contributed by atoms with E-state index in [0.717, 1.165) is 5.56 Å². The molecule has 0 bridgehead atoms. The van der Waals surface area contributed by atoms with Crippen LogP contribution in [0.3, 0.4) is 0 Å². The minimum absolute atomic E-state index is 0.00121. The Morgan fingerprint density at radius 1 is 0.952 bits per heavy atom. The van der Waals surface area contributed by atoms with E-state index in [2.05, 4.69) is 5.32 Å². The number of amides is 1. The number of hydrogen-bond donors (Lipinski definition) is 1. The molecular weight excluding hydrogens is 262 g/mol. The first-order valence-corrected chi connectivity index (χ1v) is 7.05. The average Bonchev–Trinajstić information content (AvgIpc) is 2.51. The van der Waals surface area contributed by atoms with Gasteiger partial charge >= 0.3 is 0 Å². The molecule has 0 atom stereocenters. The summed E-state index contributed by atoms with van der Waals surface area (Å²) in [4.78, 5) is 23.7. The quantitative estimate of drug-likeness (QED) is 0.826. The number of Topliss-reactive ketones (excluding diaryl/α,β-unsaturated/α-hetero) is 1. The van der Waals surface area contributed by atoms with E-state index in [0.29, 0.717) is 12.1 Å². The molecule has 108 valence electrons. The molecule has 2 rings (SSSR count). The van der Waals surface area contributed by atoms with Crippen molar-refractivity contribution in [1.82, 2.24) is 5.32 Å². The summed E-state index contributed by atoms with van der Waals surface area (Å²) in [6, 6.07) is 17.1. The largest absolute Gasteiger partial charge is 0.352 e. The van der Waals surface area contributed by atoms with Gasteiger partial charge in [-0.25, -0.2) is 0 Å². The van der Waals surface area contributed by atoms with Gasteiger partial charge in [0.25, 0.3) is 0 Å². The minimum Gasteiger partial charge on any atom is -0.352 e. The van der Waals surface area contributed by atoms with Gasteiger partial charge in [0.05, 0.1) is 0 Å². The molecule has 0 radical (unpaired) electrons. The van der Waals surface area contributed by atoms with E-state index in [-0.39, 0.29) is 24.5 Å². The zero-order valence-electron chi connectivity index (χ0n) is 12.1. The lowest BCUT2D eigenvalue weighted by Gasteiger charge is -2.06. The second-order valence-corrected chi connectivity index (χ2v) is 5.05. The molecule has 21 heavy (non-hydrogen) atoms. The van der Waals surface area contributed by atoms with Crippen molar-refractivity contribution in [1.29, 1.82) is 0 Å². The molecule has 0 fully saturated rings. The fourth-order valence-corrected chi connectivity index (χ4v) is 2.11. The molecule has 1 amide bonds. The van der Waals surface area contributed by atoms with E-state index in [4.69, 9.17) is 0 Å². The van der Waals surface area contributed by atoms with Crippen LogP contribution in [-0.4, -0.2) is 11.7 Å². The summed E-state index contributed by atoms with van der Waals surface area (Å²) < 4.78 is 0. The molecule has 2 aromatic carbocycles. The number of carbonyl (C=O) groups is 2. The standard InChI is InChI=1S/C18H19NO2/c1-14-6-5-7-15(12-14)13-19-18(21)11-10-17(20)16-8-3-2-4-9-16/h2-9,12H,10-11,13H2,1H3,(H,19,21). The first kappa shape index (κ1) is 15.0. The number of benzene rings is 2. The zero-order valence-corrected chi connectivity index (χ0v) is 12.1. The SMILES string of the molecule is Cc1cccc(CNC(=O)CCC(=O)c2ccccc2)c1. The monoisotopic (exact) mass is 281 g/mol. The van der Waals surface area contributed by atoms with E-state index in [9.17, 15) is 9.59 Å². The lowest BCUT2D eigenvalue weighted by atomic mass is 10.1. The Hall–Kier alpha value is -2.42. The number of hydrogen-bond acceptors (Lipinski definition) is 2. The normalized spacial score (nSPS) is 10.1. The summed E-state index contributed by atoms with van der Waals surface area (Å²) in [5.41, 5.74) is 2.89. The fraction of sp³-hybridized carbons (Fsp3) is 0.222. The summed E-state index contributed by atoms with van der Waals surface area (Å²) in [6.07, 6.45) is 0.462. The van der Waals surface area contributed by atoms with Gasteiger partial charge in [-0.15, -0.1) is 0 Å². The van der Waals surface area contributed by atoms with Crippen LogP contribution >= 0.6 is 0 Å². The van der Waals surface area contributed by atoms with Gasteiger partial charge in [0.15, 0.2) is 5.78 Å². The van der Waals surface area contributed by atoms with Crippen molar-refractivity contribution in [2.45, 2.75) is 26.3 Å². The van der Waals surface area contributed by atoms with Gasteiger partial charge in [0, 0.05) is 24.9 Å². The summed E-state index contributed by atoms with van der Waals surface area (Å²) in [7, 11) is 0. The number of aryl methyl sites for hydroxylation is 1. The Kier molecular flexibility index (Phi) is 5.27. The maximum Gasteiger partial charge on any atom is 0.220 e. The second kappa shape index (κ2) is 7.39. The van der Waals surface area contributed by atoms with Crippen LogP contribution in [0.15, 0.2) is 54.6 Å². The molecule has 1 N–H and O–H groups in total. The minimum atomic E-state index is -0.0965. The molecule has 0 aliphatic carbocycles. The lowest BCUT2D eigenvalue weighted by Crippen LogP contribution is -2.23. The molecule has 0 saturated carbocycles. The van der Waals surface area contributed by atoms with Crippen molar-refractivity contribution < 1.29 is 9.59 Å². The van der Waals surface area contributed by atoms with Crippen LogP contribution in [0.5, 0.6) is 0 Å². The van der Waals surface area contributed by atoms with Crippen LogP contribution in [0.4, 0.5) is 0 Å². The lowest BCUT2D eigenvalue weighted by molar-refractivity contribution is -0.121. The van der Waals surface area contributed by atoms with E-state index in [1.165, 1.54) is 5.56 Å². The third-order valence-electron chi connectivity index (χ3n) is 3.25. The summed E-state index contributed by atoms with van der Waals surface area (Å²) >= 11 is 0. The molecule has 3 nitrogen and oxygen atoms in total. The van der Waals surface area contributed by atoms with Crippen molar-refractivity contribution in [2.75, 3.05) is 0 Å². The average molecular weight is 281 g/mol. The highest BCUT2D eigenvalue weighted by molar-refractivity contribution is 5.97. The molecule has 0 aromatic heterocycles. The number of ketones is 1. The maximum atomic E-state index is 11.9. The van der Waals surface area contributed by atoms with Crippen molar-refractivity contribution >= 4 is 11.7 Å². The highest BCUT2D eigenvalue weighted by Gasteiger charge is 2.08. The van der Waals surface area contributed by atoms with Crippen LogP contribution in [0, 0.1) is 6.92 Å². The van der Waals surface area contributed by atoms with E-state index >= 15 is 0 Å². The Morgan fingerprint density at radius 2 is 1.71 bits per heavy atom. The number of rotatable bonds is 6. The smallest absolute Gasteiger partial charge is 0.220 e. The predicted octanol–water partition coefficient (Wildman–Crippen LogP) is 3.27. The Balaban J connectivity index is 1.76. The van der Waals surface area contributed by atoms with Crippen molar-refractivity contribution in [3.8, 4) is 0 Å². The summed E-state index contributed by atoms with van der Waals surface area (Å²) in [6.45, 7) is 2.52. The van der Waals surface area contributed by atoms with Gasteiger partial charge in [-0.05, 0) is 12.5 Å². The van der Waals surface area contributed by atoms with E-state index in [1.54, 1.807) is 12.1 Å². The zero-order chi connectivity index (χ0) is 15.1. The first-order chi connectivity index (χ1) is 10.1. The molecule has 0 aliphatic rings. The number of nitrogens with one attached hydrogen (secondary N) is 1. The van der Waals surface area contributed by atoms with Crippen LogP contribution in [0.2, 0.25) is 0 Å². The molecule has 0 aliphatic heterocycles. The van der Waals surface area contributed by atoms with E-state index < -0.39 is 0 Å². The first-order valence-electron chi connectivity index (χ1n) is 7.05. The van der Waals surface area contributed by atoms with Gasteiger partial charge in [-0.3, -0.25) is 9.59 Å². The van der Waals surface area contributed by atoms with Gasteiger partial charge < -0.3 is 5.32 Å². The third kappa shape index (κ3) is 4.88. The topological polar surface area (TPSA) is 46.2 Å². The Morgan fingerprint density at radius 3 is 2.43 bits per heavy atom. The van der Waals surface area contributed by atoms with Crippen molar-refractivity contribution in [3.05, 3.63) is 71.3 Å². The molecular formula is C18H19NO2. The van der Waals surface area contributed by atoms with Crippen molar-refractivity contribution in [2.24, 2.45) is 0 Å². The van der Waals surface area contributed by atoms with Gasteiger partial charge in [-0.2, -0.15) is 0 Å². The predicted molar refractivity (Wildman–Crippen MR) is 83.0 cm³/mol. The van der Waals surface area contributed by atoms with Crippen LogP contribution in [-0.2, 0) is 11.3 Å². The molecule has 0 saturated heterocycles. The van der Waals surface area contributed by atoms with Gasteiger partial charge in [0.2, 0.25) is 5.91 Å².